The topological polar surface area (TPSA) is 36.3 Å². The van der Waals surface area contributed by atoms with Crippen LogP contribution in [0.5, 0.6) is 0 Å². The first kappa shape index (κ1) is 16.8. The maximum Gasteiger partial charge on any atom is 0.0703 e. The Morgan fingerprint density at radius 1 is 1.24 bits per heavy atom. The van der Waals surface area contributed by atoms with E-state index in [1.54, 1.807) is 0 Å². The molecule has 120 valence electrons. The summed E-state index contributed by atoms with van der Waals surface area (Å²) < 4.78 is 5.74. The van der Waals surface area contributed by atoms with Gasteiger partial charge in [0, 0.05) is 18.7 Å². The van der Waals surface area contributed by atoms with Gasteiger partial charge in [0.05, 0.1) is 18.1 Å². The van der Waals surface area contributed by atoms with Gasteiger partial charge in [-0.05, 0) is 51.0 Å². The van der Waals surface area contributed by atoms with Gasteiger partial charge in [0.1, 0.15) is 0 Å². The molecule has 5 unspecified atom stereocenters. The lowest BCUT2D eigenvalue weighted by molar-refractivity contribution is 0.0188. The first-order valence-corrected chi connectivity index (χ1v) is 8.63. The number of nitriles is 1. The summed E-state index contributed by atoms with van der Waals surface area (Å²) in [5.41, 5.74) is 0.386. The molecule has 2 fully saturated rings. The Bertz CT molecular complexity index is 387. The monoisotopic (exact) mass is 292 g/mol. The first-order valence-electron chi connectivity index (χ1n) is 8.63. The van der Waals surface area contributed by atoms with Gasteiger partial charge in [0.15, 0.2) is 0 Å². The molecule has 1 saturated heterocycles. The van der Waals surface area contributed by atoms with Gasteiger partial charge in [-0.3, -0.25) is 4.90 Å². The standard InChI is InChI=1S/C18H32N2O/c1-6-18(3,4)15-8-7-14(12-19)17(11-15)20(5)16-9-10-21-13(16)2/h13-17H,6-11H2,1-5H3. The highest BCUT2D eigenvalue weighted by Crippen LogP contribution is 2.44. The smallest absolute Gasteiger partial charge is 0.0703 e. The van der Waals surface area contributed by atoms with Crippen molar-refractivity contribution in [1.82, 2.24) is 4.90 Å². The van der Waals surface area contributed by atoms with Crippen molar-refractivity contribution in [1.29, 1.82) is 5.26 Å². The second-order valence-corrected chi connectivity index (χ2v) is 7.75. The molecule has 1 heterocycles. The molecule has 0 aromatic carbocycles. The Hall–Kier alpha value is -0.590. The van der Waals surface area contributed by atoms with E-state index in [0.717, 1.165) is 25.4 Å². The van der Waals surface area contributed by atoms with Crippen molar-refractivity contribution < 1.29 is 4.74 Å². The Morgan fingerprint density at radius 3 is 2.48 bits per heavy atom. The summed E-state index contributed by atoms with van der Waals surface area (Å²) in [4.78, 5) is 2.48. The van der Waals surface area contributed by atoms with Crippen molar-refractivity contribution in [3.63, 3.8) is 0 Å². The fourth-order valence-electron chi connectivity index (χ4n) is 4.25. The minimum atomic E-state index is 0.187. The van der Waals surface area contributed by atoms with Crippen LogP contribution in [0.3, 0.4) is 0 Å². The van der Waals surface area contributed by atoms with Crippen LogP contribution in [-0.2, 0) is 4.74 Å². The van der Waals surface area contributed by atoms with Gasteiger partial charge in [0.25, 0.3) is 0 Å². The van der Waals surface area contributed by atoms with E-state index in [1.807, 2.05) is 0 Å². The van der Waals surface area contributed by atoms with Gasteiger partial charge < -0.3 is 4.74 Å². The van der Waals surface area contributed by atoms with Gasteiger partial charge in [-0.25, -0.2) is 0 Å². The second kappa shape index (κ2) is 6.67. The number of likely N-dealkylation sites (N-methyl/N-ethyl adjacent to an activating group) is 1. The van der Waals surface area contributed by atoms with Crippen LogP contribution in [0.1, 0.15) is 59.8 Å². The summed E-state index contributed by atoms with van der Waals surface area (Å²) in [7, 11) is 2.21. The first-order chi connectivity index (χ1) is 9.90. The molecule has 0 aromatic rings. The van der Waals surface area contributed by atoms with Crippen molar-refractivity contribution in [2.45, 2.75) is 78.0 Å². The largest absolute Gasteiger partial charge is 0.377 e. The molecule has 2 aliphatic rings. The quantitative estimate of drug-likeness (QED) is 0.790. The highest BCUT2D eigenvalue weighted by molar-refractivity contribution is 5.01. The Morgan fingerprint density at radius 2 is 1.95 bits per heavy atom. The maximum atomic E-state index is 9.56. The summed E-state index contributed by atoms with van der Waals surface area (Å²) in [6.45, 7) is 10.1. The molecule has 1 saturated carbocycles. The predicted octanol–water partition coefficient (Wildman–Crippen LogP) is 3.84. The fourth-order valence-corrected chi connectivity index (χ4v) is 4.25. The molecule has 5 atom stereocenters. The molecule has 0 bridgehead atoms. The minimum Gasteiger partial charge on any atom is -0.377 e. The van der Waals surface area contributed by atoms with E-state index in [2.05, 4.69) is 45.7 Å². The molecule has 0 N–H and O–H groups in total. The molecule has 0 aromatic heterocycles. The molecule has 0 spiro atoms. The number of hydrogen-bond acceptors (Lipinski definition) is 3. The molecular formula is C18H32N2O. The highest BCUT2D eigenvalue weighted by atomic mass is 16.5. The molecule has 21 heavy (non-hydrogen) atoms. The third-order valence-electron chi connectivity index (χ3n) is 6.38. The SMILES string of the molecule is CCC(C)(C)C1CCC(C#N)C(N(C)C2CCOC2C)C1. The molecular weight excluding hydrogens is 260 g/mol. The van der Waals surface area contributed by atoms with Crippen molar-refractivity contribution in [2.75, 3.05) is 13.7 Å². The van der Waals surface area contributed by atoms with E-state index in [-0.39, 0.29) is 5.92 Å². The van der Waals surface area contributed by atoms with E-state index < -0.39 is 0 Å². The van der Waals surface area contributed by atoms with Crippen LogP contribution < -0.4 is 0 Å². The van der Waals surface area contributed by atoms with E-state index in [9.17, 15) is 5.26 Å². The van der Waals surface area contributed by atoms with Crippen molar-refractivity contribution in [3.8, 4) is 6.07 Å². The van der Waals surface area contributed by atoms with E-state index >= 15 is 0 Å². The van der Waals surface area contributed by atoms with Gasteiger partial charge in [-0.1, -0.05) is 27.2 Å². The normalized spacial score (nSPS) is 37.7. The van der Waals surface area contributed by atoms with Gasteiger partial charge in [0.2, 0.25) is 0 Å². The van der Waals surface area contributed by atoms with Crippen LogP contribution in [0.4, 0.5) is 0 Å². The molecule has 3 nitrogen and oxygen atoms in total. The van der Waals surface area contributed by atoms with E-state index in [4.69, 9.17) is 4.74 Å². The summed E-state index contributed by atoms with van der Waals surface area (Å²) in [6.07, 6.45) is 6.05. The Kier molecular flexibility index (Phi) is 5.33. The Balaban J connectivity index is 2.11. The molecule has 1 aliphatic heterocycles. The lowest BCUT2D eigenvalue weighted by Gasteiger charge is -2.46. The minimum absolute atomic E-state index is 0.187. The van der Waals surface area contributed by atoms with Crippen LogP contribution in [-0.4, -0.2) is 36.7 Å². The van der Waals surface area contributed by atoms with Crippen molar-refractivity contribution >= 4 is 0 Å². The van der Waals surface area contributed by atoms with E-state index in [1.165, 1.54) is 19.3 Å². The Labute approximate surface area is 130 Å². The van der Waals surface area contributed by atoms with Gasteiger partial charge in [-0.15, -0.1) is 0 Å². The van der Waals surface area contributed by atoms with Crippen LogP contribution in [0, 0.1) is 28.6 Å². The summed E-state index contributed by atoms with van der Waals surface area (Å²) in [6, 6.07) is 3.46. The molecule has 0 amide bonds. The number of ether oxygens (including phenoxy) is 1. The zero-order chi connectivity index (χ0) is 15.6. The third kappa shape index (κ3) is 3.43. The third-order valence-corrected chi connectivity index (χ3v) is 6.38. The fraction of sp³-hybridized carbons (Fsp3) is 0.944. The number of nitrogens with zero attached hydrogens (tertiary/aromatic N) is 2. The van der Waals surface area contributed by atoms with Gasteiger partial charge in [-0.2, -0.15) is 5.26 Å². The zero-order valence-electron chi connectivity index (χ0n) is 14.4. The van der Waals surface area contributed by atoms with Crippen molar-refractivity contribution in [3.05, 3.63) is 0 Å². The molecule has 3 heteroatoms. The lowest BCUT2D eigenvalue weighted by Crippen LogP contribution is -2.50. The van der Waals surface area contributed by atoms with Crippen LogP contribution in [0.2, 0.25) is 0 Å². The van der Waals surface area contributed by atoms with Crippen LogP contribution in [0.25, 0.3) is 0 Å². The zero-order valence-corrected chi connectivity index (χ0v) is 14.4. The van der Waals surface area contributed by atoms with Crippen molar-refractivity contribution in [2.24, 2.45) is 17.3 Å². The molecule has 2 rings (SSSR count). The van der Waals surface area contributed by atoms with Gasteiger partial charge >= 0.3 is 0 Å². The number of rotatable bonds is 4. The summed E-state index contributed by atoms with van der Waals surface area (Å²) >= 11 is 0. The van der Waals surface area contributed by atoms with Crippen LogP contribution >= 0.6 is 0 Å². The number of hydrogen-bond donors (Lipinski definition) is 0. The lowest BCUT2D eigenvalue weighted by atomic mass is 9.66. The summed E-state index contributed by atoms with van der Waals surface area (Å²) in [5.74, 6) is 0.920. The average Bonchev–Trinajstić information content (AvgIpc) is 2.91. The maximum absolute atomic E-state index is 9.56. The molecule has 0 radical (unpaired) electrons. The predicted molar refractivity (Wildman–Crippen MR) is 85.9 cm³/mol. The van der Waals surface area contributed by atoms with Crippen LogP contribution in [0.15, 0.2) is 0 Å². The average molecular weight is 292 g/mol. The molecule has 1 aliphatic carbocycles. The second-order valence-electron chi connectivity index (χ2n) is 7.75. The highest BCUT2D eigenvalue weighted by Gasteiger charge is 2.42. The summed E-state index contributed by atoms with van der Waals surface area (Å²) in [5, 5.41) is 9.56. The van der Waals surface area contributed by atoms with E-state index in [0.29, 0.717) is 23.6 Å².